The highest BCUT2D eigenvalue weighted by Crippen LogP contribution is 2.20. The number of rotatable bonds is 6. The van der Waals surface area contributed by atoms with Gasteiger partial charge >= 0.3 is 5.97 Å². The molecule has 21 heavy (non-hydrogen) atoms. The molecule has 2 unspecified atom stereocenters. The van der Waals surface area contributed by atoms with Gasteiger partial charge in [0.2, 0.25) is 5.91 Å². The predicted octanol–water partition coefficient (Wildman–Crippen LogP) is 2.08. The molecular weight excluding hydrogens is 288 g/mol. The number of nitrogens with two attached hydrogens (primary N) is 1. The summed E-state index contributed by atoms with van der Waals surface area (Å²) in [5.41, 5.74) is 6.80. The Bertz CT molecular complexity index is 599. The van der Waals surface area contributed by atoms with E-state index in [0.717, 1.165) is 5.56 Å². The first-order chi connectivity index (χ1) is 10.1. The summed E-state index contributed by atoms with van der Waals surface area (Å²) in [4.78, 5) is 23.8. The van der Waals surface area contributed by atoms with Crippen molar-refractivity contribution in [2.45, 2.75) is 18.5 Å². The van der Waals surface area contributed by atoms with E-state index in [1.807, 2.05) is 30.3 Å². The fraction of sp³-hybridized carbons (Fsp3) is 0.200. The van der Waals surface area contributed by atoms with Crippen LogP contribution < -0.4 is 11.1 Å². The molecule has 0 saturated carbocycles. The van der Waals surface area contributed by atoms with E-state index in [1.54, 1.807) is 17.5 Å². The minimum Gasteiger partial charge on any atom is -0.479 e. The molecule has 0 bridgehead atoms. The van der Waals surface area contributed by atoms with Gasteiger partial charge in [0, 0.05) is 17.3 Å². The summed E-state index contributed by atoms with van der Waals surface area (Å²) >= 11 is 1.29. The van der Waals surface area contributed by atoms with E-state index >= 15 is 0 Å². The Morgan fingerprint density at radius 3 is 2.48 bits per heavy atom. The van der Waals surface area contributed by atoms with Gasteiger partial charge in [-0.1, -0.05) is 36.4 Å². The van der Waals surface area contributed by atoms with Crippen LogP contribution in [0.2, 0.25) is 0 Å². The normalized spacial score (nSPS) is 13.4. The van der Waals surface area contributed by atoms with Crippen LogP contribution in [0.25, 0.3) is 0 Å². The molecule has 0 aliphatic rings. The number of carbonyl (C=O) groups excluding carboxylic acids is 1. The number of nitrogens with one attached hydrogen (secondary N) is 1. The van der Waals surface area contributed by atoms with Crippen molar-refractivity contribution in [1.82, 2.24) is 5.32 Å². The summed E-state index contributed by atoms with van der Waals surface area (Å²) in [6.07, 6.45) is 0.0408. The molecular formula is C15H16N2O3S. The van der Waals surface area contributed by atoms with E-state index in [4.69, 9.17) is 5.73 Å². The van der Waals surface area contributed by atoms with Gasteiger partial charge in [-0.3, -0.25) is 4.79 Å². The van der Waals surface area contributed by atoms with E-state index in [-0.39, 0.29) is 12.3 Å². The van der Waals surface area contributed by atoms with Crippen molar-refractivity contribution in [3.8, 4) is 0 Å². The molecule has 2 aromatic rings. The largest absolute Gasteiger partial charge is 0.479 e. The van der Waals surface area contributed by atoms with Gasteiger partial charge in [0.15, 0.2) is 6.04 Å². The fourth-order valence-electron chi connectivity index (χ4n) is 1.95. The molecule has 0 spiro atoms. The molecule has 6 heteroatoms. The Labute approximate surface area is 126 Å². The number of carboxylic acids is 1. The first kappa shape index (κ1) is 15.2. The van der Waals surface area contributed by atoms with Gasteiger partial charge in [0.1, 0.15) is 0 Å². The predicted molar refractivity (Wildman–Crippen MR) is 80.8 cm³/mol. The molecule has 1 aromatic heterocycles. The van der Waals surface area contributed by atoms with E-state index in [1.165, 1.54) is 11.3 Å². The number of thiophene rings is 1. The van der Waals surface area contributed by atoms with Gasteiger partial charge in [-0.25, -0.2) is 4.79 Å². The second-order valence-electron chi connectivity index (χ2n) is 4.58. The van der Waals surface area contributed by atoms with Gasteiger partial charge in [-0.05, 0) is 17.0 Å². The molecule has 0 saturated heterocycles. The molecule has 0 aliphatic carbocycles. The Hall–Kier alpha value is -2.18. The molecule has 4 N–H and O–H groups in total. The van der Waals surface area contributed by atoms with Crippen molar-refractivity contribution >= 4 is 23.2 Å². The Morgan fingerprint density at radius 2 is 1.90 bits per heavy atom. The van der Waals surface area contributed by atoms with Crippen LogP contribution >= 0.6 is 11.3 Å². The van der Waals surface area contributed by atoms with Gasteiger partial charge in [0.25, 0.3) is 0 Å². The standard InChI is InChI=1S/C15H16N2O3S/c16-11(10-5-2-1-3-6-10)9-13(18)17-14(15(19)20)12-7-4-8-21-12/h1-8,11,14H,9,16H2,(H,17,18)(H,19,20). The third kappa shape index (κ3) is 4.14. The highest BCUT2D eigenvalue weighted by Gasteiger charge is 2.23. The molecule has 0 fully saturated rings. The lowest BCUT2D eigenvalue weighted by molar-refractivity contribution is -0.142. The van der Waals surface area contributed by atoms with Gasteiger partial charge < -0.3 is 16.2 Å². The number of aliphatic carboxylic acids is 1. The monoisotopic (exact) mass is 304 g/mol. The zero-order valence-electron chi connectivity index (χ0n) is 11.2. The van der Waals surface area contributed by atoms with Crippen LogP contribution in [0.4, 0.5) is 0 Å². The second kappa shape index (κ2) is 7.01. The number of carboxylic acid groups (broad SMARTS) is 1. The van der Waals surface area contributed by atoms with Crippen molar-refractivity contribution in [3.05, 3.63) is 58.3 Å². The third-order valence-electron chi connectivity index (χ3n) is 3.01. The third-order valence-corrected chi connectivity index (χ3v) is 3.95. The van der Waals surface area contributed by atoms with Crippen LogP contribution in [0.15, 0.2) is 47.8 Å². The maximum Gasteiger partial charge on any atom is 0.331 e. The van der Waals surface area contributed by atoms with Crippen LogP contribution in [0.3, 0.4) is 0 Å². The average molecular weight is 304 g/mol. The molecule has 2 rings (SSSR count). The molecule has 0 radical (unpaired) electrons. The van der Waals surface area contributed by atoms with Crippen molar-refractivity contribution < 1.29 is 14.7 Å². The topological polar surface area (TPSA) is 92.4 Å². The van der Waals surface area contributed by atoms with Gasteiger partial charge in [0.05, 0.1) is 0 Å². The molecule has 5 nitrogen and oxygen atoms in total. The lowest BCUT2D eigenvalue weighted by Crippen LogP contribution is -2.34. The van der Waals surface area contributed by atoms with Crippen LogP contribution in [-0.4, -0.2) is 17.0 Å². The lowest BCUT2D eigenvalue weighted by Gasteiger charge is -2.16. The summed E-state index contributed by atoms with van der Waals surface area (Å²) < 4.78 is 0. The quantitative estimate of drug-likeness (QED) is 0.762. The lowest BCUT2D eigenvalue weighted by atomic mass is 10.0. The summed E-state index contributed by atoms with van der Waals surface area (Å²) in [6.45, 7) is 0. The maximum atomic E-state index is 12.0. The van der Waals surface area contributed by atoms with Crippen molar-refractivity contribution in [1.29, 1.82) is 0 Å². The zero-order valence-corrected chi connectivity index (χ0v) is 12.0. The smallest absolute Gasteiger partial charge is 0.331 e. The molecule has 1 heterocycles. The minimum atomic E-state index is -1.08. The second-order valence-corrected chi connectivity index (χ2v) is 5.55. The number of hydrogen-bond donors (Lipinski definition) is 3. The fourth-order valence-corrected chi connectivity index (χ4v) is 2.72. The SMILES string of the molecule is NC(CC(=O)NC(C(=O)O)c1cccs1)c1ccccc1. The average Bonchev–Trinajstić information content (AvgIpc) is 2.99. The Balaban J connectivity index is 1.99. The van der Waals surface area contributed by atoms with E-state index in [0.29, 0.717) is 4.88 Å². The van der Waals surface area contributed by atoms with Gasteiger partial charge in [-0.15, -0.1) is 11.3 Å². The van der Waals surface area contributed by atoms with Crippen LogP contribution in [0.1, 0.15) is 28.9 Å². The summed E-state index contributed by atoms with van der Waals surface area (Å²) in [7, 11) is 0. The van der Waals surface area contributed by atoms with E-state index < -0.39 is 18.1 Å². The van der Waals surface area contributed by atoms with Gasteiger partial charge in [-0.2, -0.15) is 0 Å². The summed E-state index contributed by atoms with van der Waals surface area (Å²) in [6, 6.07) is 11.2. The van der Waals surface area contributed by atoms with Crippen LogP contribution in [-0.2, 0) is 9.59 Å². The number of hydrogen-bond acceptors (Lipinski definition) is 4. The number of carbonyl (C=O) groups is 2. The Morgan fingerprint density at radius 1 is 1.19 bits per heavy atom. The molecule has 0 aliphatic heterocycles. The van der Waals surface area contributed by atoms with E-state index in [9.17, 15) is 14.7 Å². The van der Waals surface area contributed by atoms with Crippen molar-refractivity contribution in [2.24, 2.45) is 5.73 Å². The molecule has 2 atom stereocenters. The highest BCUT2D eigenvalue weighted by molar-refractivity contribution is 7.10. The maximum absolute atomic E-state index is 12.0. The number of amides is 1. The first-order valence-electron chi connectivity index (χ1n) is 6.44. The van der Waals surface area contributed by atoms with Crippen molar-refractivity contribution in [3.63, 3.8) is 0 Å². The van der Waals surface area contributed by atoms with E-state index in [2.05, 4.69) is 5.32 Å². The molecule has 1 aromatic carbocycles. The molecule has 1 amide bonds. The van der Waals surface area contributed by atoms with Crippen LogP contribution in [0, 0.1) is 0 Å². The number of benzene rings is 1. The molecule has 110 valence electrons. The summed E-state index contributed by atoms with van der Waals surface area (Å²) in [5, 5.41) is 13.5. The first-order valence-corrected chi connectivity index (χ1v) is 7.32. The zero-order chi connectivity index (χ0) is 15.2. The van der Waals surface area contributed by atoms with Crippen molar-refractivity contribution in [2.75, 3.05) is 0 Å². The summed E-state index contributed by atoms with van der Waals surface area (Å²) in [5.74, 6) is -1.47. The van der Waals surface area contributed by atoms with Crippen LogP contribution in [0.5, 0.6) is 0 Å². The highest BCUT2D eigenvalue weighted by atomic mass is 32.1. The minimum absolute atomic E-state index is 0.0408. The Kier molecular flexibility index (Phi) is 5.08.